The number of carbonyl (C=O) groups excluding carboxylic acids is 3. The van der Waals surface area contributed by atoms with Crippen LogP contribution in [0.15, 0.2) is 30.3 Å². The minimum atomic E-state index is -5.08. The van der Waals surface area contributed by atoms with Crippen LogP contribution in [0.2, 0.25) is 0 Å². The van der Waals surface area contributed by atoms with E-state index in [9.17, 15) is 27.6 Å². The highest BCUT2D eigenvalue weighted by Gasteiger charge is 2.44. The van der Waals surface area contributed by atoms with Gasteiger partial charge in [0.25, 0.3) is 5.91 Å². The molecule has 0 radical (unpaired) electrons. The van der Waals surface area contributed by atoms with Gasteiger partial charge >= 0.3 is 18.2 Å². The molecule has 2 rings (SSSR count). The number of ether oxygens (including phenoxy) is 1. The summed E-state index contributed by atoms with van der Waals surface area (Å²) < 4.78 is 41.4. The number of nitrogens with zero attached hydrogens (tertiary/aromatic N) is 1. The molecule has 1 saturated heterocycles. The number of likely N-dealkylation sites (tertiary alicyclic amines) is 1. The van der Waals surface area contributed by atoms with Crippen molar-refractivity contribution in [2.75, 3.05) is 6.54 Å². The van der Waals surface area contributed by atoms with E-state index in [0.717, 1.165) is 0 Å². The molecule has 3 amide bonds. The van der Waals surface area contributed by atoms with Crippen molar-refractivity contribution < 1.29 is 32.3 Å². The van der Waals surface area contributed by atoms with E-state index in [1.807, 2.05) is 0 Å². The second kappa shape index (κ2) is 6.67. The largest absolute Gasteiger partial charge is 0.471 e. The first-order valence-corrected chi connectivity index (χ1v) is 6.69. The number of hydrogen-bond donors (Lipinski definition) is 1. The van der Waals surface area contributed by atoms with Gasteiger partial charge in [0.15, 0.2) is 0 Å². The number of nitrogens with one attached hydrogen (secondary N) is 1. The minimum Gasteiger partial charge on any atom is -0.444 e. The minimum absolute atomic E-state index is 0.0664. The van der Waals surface area contributed by atoms with Crippen LogP contribution >= 0.6 is 0 Å². The van der Waals surface area contributed by atoms with Crippen molar-refractivity contribution in [1.82, 2.24) is 10.2 Å². The highest BCUT2D eigenvalue weighted by Crippen LogP contribution is 2.18. The molecule has 1 fully saturated rings. The molecule has 124 valence electrons. The monoisotopic (exact) mass is 330 g/mol. The van der Waals surface area contributed by atoms with Crippen LogP contribution in [0.5, 0.6) is 0 Å². The third-order valence-electron chi connectivity index (χ3n) is 3.19. The number of alkyl halides is 3. The van der Waals surface area contributed by atoms with E-state index < -0.39 is 30.1 Å². The van der Waals surface area contributed by atoms with E-state index in [-0.39, 0.29) is 19.6 Å². The number of imide groups is 1. The lowest BCUT2D eigenvalue weighted by atomic mass is 10.2. The van der Waals surface area contributed by atoms with Gasteiger partial charge in [-0.25, -0.2) is 9.69 Å². The lowest BCUT2D eigenvalue weighted by molar-refractivity contribution is -0.174. The molecule has 1 aromatic carbocycles. The van der Waals surface area contributed by atoms with Crippen LogP contribution in [0.25, 0.3) is 0 Å². The summed E-state index contributed by atoms with van der Waals surface area (Å²) in [5.74, 6) is -3.13. The number of halogens is 3. The molecular formula is C14H13F3N2O4. The third kappa shape index (κ3) is 4.21. The molecular weight excluding hydrogens is 317 g/mol. The Morgan fingerprint density at radius 2 is 1.91 bits per heavy atom. The molecule has 23 heavy (non-hydrogen) atoms. The van der Waals surface area contributed by atoms with Crippen LogP contribution < -0.4 is 5.32 Å². The summed E-state index contributed by atoms with van der Waals surface area (Å²) in [4.78, 5) is 35.2. The number of hydrogen-bond acceptors (Lipinski definition) is 4. The van der Waals surface area contributed by atoms with Crippen molar-refractivity contribution in [3.05, 3.63) is 35.9 Å². The fraction of sp³-hybridized carbons (Fsp3) is 0.357. The zero-order valence-corrected chi connectivity index (χ0v) is 11.8. The van der Waals surface area contributed by atoms with Crippen molar-refractivity contribution in [2.45, 2.75) is 25.2 Å². The van der Waals surface area contributed by atoms with Crippen molar-refractivity contribution in [3.63, 3.8) is 0 Å². The predicted molar refractivity (Wildman–Crippen MR) is 70.9 cm³/mol. The molecule has 0 spiro atoms. The molecule has 6 nitrogen and oxygen atoms in total. The maximum atomic E-state index is 12.2. The van der Waals surface area contributed by atoms with Crippen molar-refractivity contribution >= 4 is 17.9 Å². The maximum absolute atomic E-state index is 12.2. The van der Waals surface area contributed by atoms with Gasteiger partial charge < -0.3 is 10.1 Å². The van der Waals surface area contributed by atoms with Crippen LogP contribution in [0.1, 0.15) is 12.0 Å². The smallest absolute Gasteiger partial charge is 0.444 e. The van der Waals surface area contributed by atoms with Gasteiger partial charge in [0.2, 0.25) is 0 Å². The topological polar surface area (TPSA) is 75.7 Å². The van der Waals surface area contributed by atoms with Crippen LogP contribution in [0.4, 0.5) is 18.0 Å². The Morgan fingerprint density at radius 1 is 1.26 bits per heavy atom. The lowest BCUT2D eigenvalue weighted by Crippen LogP contribution is -2.47. The summed E-state index contributed by atoms with van der Waals surface area (Å²) >= 11 is 0. The van der Waals surface area contributed by atoms with Crippen LogP contribution in [-0.2, 0) is 20.9 Å². The Bertz CT molecular complexity index is 604. The van der Waals surface area contributed by atoms with Gasteiger partial charge in [0.05, 0.1) is 0 Å². The quantitative estimate of drug-likeness (QED) is 0.913. The maximum Gasteiger partial charge on any atom is 0.471 e. The SMILES string of the molecule is O=C(OCc1ccccc1)N1CCC(NC(=O)C(F)(F)F)C1=O. The summed E-state index contributed by atoms with van der Waals surface area (Å²) in [6.45, 7) is -0.182. The van der Waals surface area contributed by atoms with Gasteiger partial charge in [-0.2, -0.15) is 13.2 Å². The molecule has 1 N–H and O–H groups in total. The summed E-state index contributed by atoms with van der Waals surface area (Å²) in [5.41, 5.74) is 0.703. The van der Waals surface area contributed by atoms with Gasteiger partial charge in [-0.05, 0) is 12.0 Å². The van der Waals surface area contributed by atoms with Crippen molar-refractivity contribution in [3.8, 4) is 0 Å². The first kappa shape index (κ1) is 16.8. The molecule has 9 heteroatoms. The van der Waals surface area contributed by atoms with Crippen LogP contribution in [0.3, 0.4) is 0 Å². The molecule has 0 aromatic heterocycles. The van der Waals surface area contributed by atoms with Crippen molar-refractivity contribution in [2.24, 2.45) is 0 Å². The summed E-state index contributed by atoms with van der Waals surface area (Å²) in [6.07, 6.45) is -6.13. The first-order valence-electron chi connectivity index (χ1n) is 6.69. The van der Waals surface area contributed by atoms with Gasteiger partial charge in [-0.3, -0.25) is 9.59 Å². The molecule has 0 bridgehead atoms. The molecule has 1 aliphatic heterocycles. The van der Waals surface area contributed by atoms with E-state index in [1.54, 1.807) is 35.6 Å². The van der Waals surface area contributed by atoms with Gasteiger partial charge in [-0.15, -0.1) is 0 Å². The van der Waals surface area contributed by atoms with E-state index in [4.69, 9.17) is 4.74 Å². The Labute approximate surface area is 129 Å². The first-order chi connectivity index (χ1) is 10.8. The average Bonchev–Trinajstić information content (AvgIpc) is 2.86. The zero-order valence-electron chi connectivity index (χ0n) is 11.8. The average molecular weight is 330 g/mol. The lowest BCUT2D eigenvalue weighted by Gasteiger charge is -2.16. The molecule has 0 saturated carbocycles. The predicted octanol–water partition coefficient (Wildman–Crippen LogP) is 1.60. The van der Waals surface area contributed by atoms with Gasteiger partial charge in [0, 0.05) is 6.54 Å². The molecule has 1 heterocycles. The van der Waals surface area contributed by atoms with Gasteiger partial charge in [-0.1, -0.05) is 30.3 Å². The molecule has 0 aliphatic carbocycles. The number of amides is 3. The molecule has 1 atom stereocenters. The standard InChI is InChI=1S/C14H13F3N2O4/c15-14(16,17)12(21)18-10-6-7-19(11(10)20)13(22)23-8-9-4-2-1-3-5-9/h1-5,10H,6-8H2,(H,18,21). The summed E-state index contributed by atoms with van der Waals surface area (Å²) in [7, 11) is 0. The highest BCUT2D eigenvalue weighted by molar-refractivity contribution is 5.99. The van der Waals surface area contributed by atoms with E-state index in [2.05, 4.69) is 0 Å². The number of carbonyl (C=O) groups is 3. The Hall–Kier alpha value is -2.58. The molecule has 1 aromatic rings. The van der Waals surface area contributed by atoms with E-state index in [1.165, 1.54) is 0 Å². The van der Waals surface area contributed by atoms with Crippen LogP contribution in [-0.4, -0.2) is 41.6 Å². The fourth-order valence-corrected chi connectivity index (χ4v) is 2.03. The van der Waals surface area contributed by atoms with E-state index >= 15 is 0 Å². The fourth-order valence-electron chi connectivity index (χ4n) is 2.03. The summed E-state index contributed by atoms with van der Waals surface area (Å²) in [5, 5.41) is 1.56. The number of rotatable bonds is 3. The van der Waals surface area contributed by atoms with Crippen molar-refractivity contribution in [1.29, 1.82) is 0 Å². The normalized spacial score (nSPS) is 18.0. The number of benzene rings is 1. The molecule has 1 aliphatic rings. The second-order valence-corrected chi connectivity index (χ2v) is 4.84. The molecule has 1 unspecified atom stereocenters. The van der Waals surface area contributed by atoms with E-state index in [0.29, 0.717) is 10.5 Å². The second-order valence-electron chi connectivity index (χ2n) is 4.84. The zero-order chi connectivity index (χ0) is 17.0. The van der Waals surface area contributed by atoms with Gasteiger partial charge in [0.1, 0.15) is 12.6 Å². The Balaban J connectivity index is 1.88. The van der Waals surface area contributed by atoms with Crippen LogP contribution in [0, 0.1) is 0 Å². The summed E-state index contributed by atoms with van der Waals surface area (Å²) in [6, 6.07) is 7.31. The Kier molecular flexibility index (Phi) is 4.87. The Morgan fingerprint density at radius 3 is 2.52 bits per heavy atom. The third-order valence-corrected chi connectivity index (χ3v) is 3.19. The highest BCUT2D eigenvalue weighted by atomic mass is 19.4.